The van der Waals surface area contributed by atoms with Crippen LogP contribution in [0, 0.1) is 0 Å². The minimum Gasteiger partial charge on any atom is -0.467 e. The van der Waals surface area contributed by atoms with Crippen molar-refractivity contribution in [3.8, 4) is 23.5 Å². The maximum Gasteiger partial charge on any atom is 0.410 e. The number of amides is 2. The predicted molar refractivity (Wildman–Crippen MR) is 430 cm³/mol. The fourth-order valence-corrected chi connectivity index (χ4v) is 14.0. The van der Waals surface area contributed by atoms with Gasteiger partial charge in [0.2, 0.25) is 11.1 Å². The van der Waals surface area contributed by atoms with Crippen molar-refractivity contribution in [2.45, 2.75) is 90.8 Å². The van der Waals surface area contributed by atoms with Crippen molar-refractivity contribution in [3.05, 3.63) is 157 Å². The van der Waals surface area contributed by atoms with Crippen LogP contribution in [-0.4, -0.2) is 257 Å². The van der Waals surface area contributed by atoms with Crippen molar-refractivity contribution < 1.29 is 65.1 Å². The number of ether oxygens (including phenoxy) is 7. The van der Waals surface area contributed by atoms with Gasteiger partial charge in [0.15, 0.2) is 13.6 Å². The summed E-state index contributed by atoms with van der Waals surface area (Å²) in [6, 6.07) is 34.8. The highest BCUT2D eigenvalue weighted by Gasteiger charge is 2.36. The van der Waals surface area contributed by atoms with Gasteiger partial charge in [-0.1, -0.05) is 113 Å². The first-order valence-corrected chi connectivity index (χ1v) is 39.2. The molecular formula is C81H104Cl3F4N13O10. The van der Waals surface area contributed by atoms with Gasteiger partial charge in [0, 0.05) is 164 Å². The van der Waals surface area contributed by atoms with Crippen molar-refractivity contribution in [1.29, 1.82) is 0 Å². The summed E-state index contributed by atoms with van der Waals surface area (Å²) < 4.78 is 94.4. The van der Waals surface area contributed by atoms with Crippen molar-refractivity contribution >= 4 is 96.6 Å². The quantitative estimate of drug-likeness (QED) is 0.0118. The summed E-state index contributed by atoms with van der Waals surface area (Å²) in [4.78, 5) is 72.6. The van der Waals surface area contributed by atoms with E-state index in [4.69, 9.17) is 87.9 Å². The second-order valence-electron chi connectivity index (χ2n) is 27.0. The van der Waals surface area contributed by atoms with E-state index in [0.29, 0.717) is 111 Å². The molecule has 2 amide bonds. The minimum atomic E-state index is -1.43. The van der Waals surface area contributed by atoms with Gasteiger partial charge in [0.1, 0.15) is 54.4 Å². The Morgan fingerprint density at radius 2 is 0.937 bits per heavy atom. The predicted octanol–water partition coefficient (Wildman–Crippen LogP) is 12.9. The highest BCUT2D eigenvalue weighted by atomic mass is 35.5. The molecule has 0 bridgehead atoms. The number of rotatable bonds is 27. The number of benzene rings is 5. The lowest BCUT2D eigenvalue weighted by molar-refractivity contribution is -0.126. The Kier molecular flexibility index (Phi) is 34.8. The number of halogens is 7. The maximum absolute atomic E-state index is 13.7. The van der Waals surface area contributed by atoms with E-state index in [-0.39, 0.29) is 75.7 Å². The van der Waals surface area contributed by atoms with Gasteiger partial charge in [0.25, 0.3) is 0 Å². The molecule has 602 valence electrons. The first-order valence-electron chi connectivity index (χ1n) is 37.8. The van der Waals surface area contributed by atoms with Crippen molar-refractivity contribution in [2.75, 3.05) is 190 Å². The molecule has 5 aromatic carbocycles. The Bertz CT molecular complexity index is 4090. The Morgan fingerprint density at radius 1 is 0.532 bits per heavy atom. The van der Waals surface area contributed by atoms with E-state index in [1.54, 1.807) is 33.8 Å². The summed E-state index contributed by atoms with van der Waals surface area (Å²) in [5.41, 5.74) is 6.94. The largest absolute Gasteiger partial charge is 0.467 e. The smallest absolute Gasteiger partial charge is 0.410 e. The van der Waals surface area contributed by atoms with Gasteiger partial charge in [-0.3, -0.25) is 19.4 Å². The molecular weight excluding hydrogens is 1500 g/mol. The average Bonchev–Trinajstić information content (AvgIpc) is 1.22. The van der Waals surface area contributed by atoms with Crippen LogP contribution in [0.25, 0.3) is 21.5 Å². The molecule has 7 aromatic rings. The zero-order valence-corrected chi connectivity index (χ0v) is 66.4. The number of piperazine rings is 2. The lowest BCUT2D eigenvalue weighted by Gasteiger charge is -2.38. The summed E-state index contributed by atoms with van der Waals surface area (Å²) in [5.74, 6) is 3.03. The molecule has 6 aliphatic rings. The fraction of sp³-hybridized carbons (Fsp3) is 0.494. The monoisotopic (exact) mass is 1600 g/mol. The lowest BCUT2D eigenvalue weighted by Crippen LogP contribution is -2.49. The van der Waals surface area contributed by atoms with E-state index < -0.39 is 29.9 Å². The van der Waals surface area contributed by atoms with Crippen molar-refractivity contribution in [3.63, 3.8) is 0 Å². The van der Waals surface area contributed by atoms with Crippen molar-refractivity contribution in [1.82, 2.24) is 44.4 Å². The number of carbonyl (C=O) groups is 3. The SMILES string of the molecule is C=CC(=O)Cl.C=CC(=O)N1CCN(c2nc(OCCCN3C[C@@H](F)[C@@H](F)C3)nc3c2CCN(c2cc(OCOC)cc4ccccc24)C3)CC1.CCN(CC)CC.COCOc1cc(N2CCc3c(nc(OCCCN4C[C@@H](F)[C@@H](F)C4)nc3N3CCN(C(=O)OCc4ccccc4)CC3)C2)c2ccccc2c1.ClCCl. The Labute approximate surface area is 663 Å². The molecule has 111 heavy (non-hydrogen) atoms. The molecule has 23 nitrogen and oxygen atoms in total. The third-order valence-corrected chi connectivity index (χ3v) is 20.0. The highest BCUT2D eigenvalue weighted by Crippen LogP contribution is 2.40. The van der Waals surface area contributed by atoms with Crippen LogP contribution >= 0.6 is 34.8 Å². The molecule has 8 heterocycles. The Morgan fingerprint density at radius 3 is 1.32 bits per heavy atom. The number of alkyl halides is 6. The standard InChI is InChI=1S/C38H44F2N6O5.C33H40F2N6O4.C6H15N.C3H3ClO.CH2Cl2/c1-48-26-51-29-20-28-10-5-6-11-30(28)35(21-29)46-14-12-31-34(24-46)41-37(49-19-7-13-43-22-32(39)33(40)23-43)42-36(31)44-15-17-45(18-16-44)38(47)50-25-27-8-3-2-4-9-27;1-3-31(42)39-12-14-40(15-13-39)32-26-9-11-41(30-18-24(45-22-43-2)17-23-7-4-5-8-25(23)30)21-29(26)36-33(37-32)44-16-6-10-38-19-27(34)28(35)20-38;1-4-7(5-2)6-3;1-2-3(4)5;2-1-3/h2-6,8-11,20-21,32-33H,7,12-19,22-26H2,1H3;3-5,7-8,17-18,27-28H,1,6,9-16,19-22H2,2H3;4-6H2,1-3H3;2H,1H2;1H2/t32-,33+;27-,28+;;;. The first kappa shape index (κ1) is 86.4. The van der Waals surface area contributed by atoms with E-state index in [1.807, 2.05) is 78.9 Å². The van der Waals surface area contributed by atoms with Gasteiger partial charge in [0.05, 0.1) is 43.0 Å². The molecule has 4 atom stereocenters. The molecule has 4 fully saturated rings. The zero-order chi connectivity index (χ0) is 79.2. The number of fused-ring (bicyclic) bond motifs is 4. The molecule has 0 saturated carbocycles. The number of nitrogens with zero attached hydrogens (tertiary/aromatic N) is 13. The van der Waals surface area contributed by atoms with E-state index >= 15 is 0 Å². The van der Waals surface area contributed by atoms with Gasteiger partial charge in [-0.15, -0.1) is 23.2 Å². The van der Waals surface area contributed by atoms with Crippen LogP contribution in [-0.2, 0) is 56.3 Å². The molecule has 6 aliphatic heterocycles. The molecule has 0 aliphatic carbocycles. The third kappa shape index (κ3) is 25.0. The summed E-state index contributed by atoms with van der Waals surface area (Å²) in [6.45, 7) is 26.7. The molecule has 0 radical (unpaired) electrons. The van der Waals surface area contributed by atoms with Crippen LogP contribution in [0.15, 0.2) is 128 Å². The maximum atomic E-state index is 13.7. The van der Waals surface area contributed by atoms with Gasteiger partial charge in [-0.25, -0.2) is 22.4 Å². The van der Waals surface area contributed by atoms with Gasteiger partial charge in [-0.2, -0.15) is 19.9 Å². The molecule has 13 rings (SSSR count). The normalized spacial score (nSPS) is 18.2. The number of aromatic nitrogens is 4. The van der Waals surface area contributed by atoms with E-state index in [0.717, 1.165) is 110 Å². The lowest BCUT2D eigenvalue weighted by atomic mass is 10.0. The summed E-state index contributed by atoms with van der Waals surface area (Å²) in [6.07, 6.45) is -1.01. The van der Waals surface area contributed by atoms with Gasteiger partial charge >= 0.3 is 18.1 Å². The second kappa shape index (κ2) is 44.6. The molecule has 0 N–H and O–H groups in total. The number of anilines is 4. The minimum absolute atomic E-state index is 0.0702. The number of hydrogen-bond donors (Lipinski definition) is 0. The van der Waals surface area contributed by atoms with Crippen LogP contribution in [0.1, 0.15) is 61.7 Å². The molecule has 0 unspecified atom stereocenters. The fourth-order valence-electron chi connectivity index (χ4n) is 14.0. The second-order valence-corrected chi connectivity index (χ2v) is 28.2. The number of hydrogen-bond acceptors (Lipinski definition) is 21. The number of allylic oxidation sites excluding steroid dienone is 1. The van der Waals surface area contributed by atoms with E-state index in [9.17, 15) is 31.9 Å². The van der Waals surface area contributed by atoms with Gasteiger partial charge in [-0.05, 0) is 97.5 Å². The average molecular weight is 1600 g/mol. The number of likely N-dealkylation sites (tertiary alicyclic amines) is 2. The van der Waals surface area contributed by atoms with Crippen LogP contribution in [0.4, 0.5) is 45.4 Å². The number of methoxy groups -OCH3 is 2. The third-order valence-electron chi connectivity index (χ3n) is 19.9. The topological polar surface area (TPSA) is 197 Å². The molecule has 30 heteroatoms. The van der Waals surface area contributed by atoms with Crippen LogP contribution in [0.2, 0.25) is 0 Å². The molecule has 4 saturated heterocycles. The summed E-state index contributed by atoms with van der Waals surface area (Å²) >= 11 is 14.2. The summed E-state index contributed by atoms with van der Waals surface area (Å²) in [7, 11) is 3.20. The highest BCUT2D eigenvalue weighted by molar-refractivity contribution is 6.66. The Hall–Kier alpha value is -8.54. The van der Waals surface area contributed by atoms with E-state index in [1.165, 1.54) is 25.7 Å². The van der Waals surface area contributed by atoms with Crippen LogP contribution in [0.5, 0.6) is 23.5 Å². The zero-order valence-electron chi connectivity index (χ0n) is 64.2. The van der Waals surface area contributed by atoms with Crippen molar-refractivity contribution in [2.24, 2.45) is 0 Å². The van der Waals surface area contributed by atoms with E-state index in [2.05, 4.69) is 82.7 Å². The van der Waals surface area contributed by atoms with Crippen LogP contribution in [0.3, 0.4) is 0 Å². The Balaban J connectivity index is 0.000000217. The van der Waals surface area contributed by atoms with Crippen LogP contribution < -0.4 is 38.5 Å². The molecule has 0 spiro atoms. The van der Waals surface area contributed by atoms with Gasteiger partial charge < -0.3 is 67.5 Å². The number of carbonyl (C=O) groups excluding carboxylic acids is 3. The first-order chi connectivity index (χ1) is 53.9. The molecule has 2 aromatic heterocycles. The summed E-state index contributed by atoms with van der Waals surface area (Å²) in [5, 5.41) is 4.05.